The summed E-state index contributed by atoms with van der Waals surface area (Å²) >= 11 is 0. The van der Waals surface area contributed by atoms with Gasteiger partial charge in [0.05, 0.1) is 22.4 Å². The average Bonchev–Trinajstić information content (AvgIpc) is 3.84. The topological polar surface area (TPSA) is 21.3 Å². The third kappa shape index (κ3) is 5.43. The van der Waals surface area contributed by atoms with Gasteiger partial charge in [-0.05, 0) is 82.9 Å². The highest BCUT2D eigenvalue weighted by atomic mass is 16.3. The molecule has 0 aliphatic carbocycles. The predicted octanol–water partition coefficient (Wildman–Crippen LogP) is 15.2. The van der Waals surface area contributed by atoms with Crippen molar-refractivity contribution >= 4 is 60.8 Å². The van der Waals surface area contributed by atoms with Crippen molar-refractivity contribution in [2.75, 3.05) is 4.90 Å². The fourth-order valence-electron chi connectivity index (χ4n) is 8.74. The van der Waals surface area contributed by atoms with Crippen molar-refractivity contribution in [1.82, 2.24) is 4.57 Å². The van der Waals surface area contributed by atoms with E-state index in [-0.39, 0.29) is 0 Å². The van der Waals surface area contributed by atoms with Crippen molar-refractivity contribution in [2.45, 2.75) is 0 Å². The highest BCUT2D eigenvalue weighted by Crippen LogP contribution is 2.48. The zero-order chi connectivity index (χ0) is 37.7. The van der Waals surface area contributed by atoms with Crippen LogP contribution in [-0.4, -0.2) is 4.57 Å². The van der Waals surface area contributed by atoms with Crippen LogP contribution in [0.5, 0.6) is 0 Å². The molecule has 0 N–H and O–H groups in total. The Morgan fingerprint density at radius 2 is 0.825 bits per heavy atom. The smallest absolute Gasteiger partial charge is 0.136 e. The standard InChI is InChI=1S/C54H36N2O/c1-2-17-37(18-3-1)40-19-4-5-20-41(40)42-21-6-11-27-48(42)55(38-33-35-39(36-34-38)56-49-28-12-7-22-43(49)44-23-8-13-29-50(44)56)51-30-14-9-24-45(51)46-26-16-32-53-54(46)47-25-10-15-31-52(47)57-53/h1-36H. The van der Waals surface area contributed by atoms with Crippen molar-refractivity contribution in [2.24, 2.45) is 0 Å². The first-order valence-electron chi connectivity index (χ1n) is 19.4. The number of rotatable bonds is 7. The lowest BCUT2D eigenvalue weighted by molar-refractivity contribution is 0.669. The van der Waals surface area contributed by atoms with Crippen LogP contribution in [-0.2, 0) is 0 Å². The van der Waals surface area contributed by atoms with Crippen molar-refractivity contribution in [3.8, 4) is 39.1 Å². The van der Waals surface area contributed by atoms with Crippen LogP contribution in [0.2, 0.25) is 0 Å². The van der Waals surface area contributed by atoms with E-state index in [4.69, 9.17) is 4.42 Å². The highest BCUT2D eigenvalue weighted by Gasteiger charge is 2.23. The van der Waals surface area contributed by atoms with Crippen molar-refractivity contribution in [1.29, 1.82) is 0 Å². The Labute approximate surface area is 330 Å². The summed E-state index contributed by atoms with van der Waals surface area (Å²) in [5, 5.41) is 4.72. The molecule has 0 aliphatic heterocycles. The molecule has 3 nitrogen and oxygen atoms in total. The van der Waals surface area contributed by atoms with Crippen LogP contribution in [0.4, 0.5) is 17.1 Å². The number of benzene rings is 9. The number of aromatic nitrogens is 1. The molecule has 0 spiro atoms. The summed E-state index contributed by atoms with van der Waals surface area (Å²) in [6.07, 6.45) is 0. The largest absolute Gasteiger partial charge is 0.456 e. The molecule has 0 fully saturated rings. The summed E-state index contributed by atoms with van der Waals surface area (Å²) in [7, 11) is 0. The molecule has 2 heterocycles. The van der Waals surface area contributed by atoms with Gasteiger partial charge in [0, 0.05) is 44.0 Å². The maximum atomic E-state index is 6.41. The maximum absolute atomic E-state index is 6.41. The van der Waals surface area contributed by atoms with E-state index in [1.807, 2.05) is 6.07 Å². The van der Waals surface area contributed by atoms with E-state index < -0.39 is 0 Å². The Bertz CT molecular complexity index is 3190. The van der Waals surface area contributed by atoms with E-state index in [0.29, 0.717) is 0 Å². The number of furan rings is 1. The quantitative estimate of drug-likeness (QED) is 0.163. The summed E-state index contributed by atoms with van der Waals surface area (Å²) in [5.41, 5.74) is 15.4. The van der Waals surface area contributed by atoms with Crippen LogP contribution < -0.4 is 4.90 Å². The van der Waals surface area contributed by atoms with E-state index in [1.165, 1.54) is 38.5 Å². The van der Waals surface area contributed by atoms with Gasteiger partial charge in [0.1, 0.15) is 11.2 Å². The first-order valence-corrected chi connectivity index (χ1v) is 19.4. The Kier molecular flexibility index (Phi) is 7.82. The van der Waals surface area contributed by atoms with Gasteiger partial charge < -0.3 is 13.9 Å². The highest BCUT2D eigenvalue weighted by molar-refractivity contribution is 6.14. The summed E-state index contributed by atoms with van der Waals surface area (Å²) < 4.78 is 8.79. The zero-order valence-corrected chi connectivity index (χ0v) is 31.1. The number of hydrogen-bond acceptors (Lipinski definition) is 2. The van der Waals surface area contributed by atoms with Crippen LogP contribution in [0.1, 0.15) is 0 Å². The molecular weight excluding hydrogens is 693 g/mol. The van der Waals surface area contributed by atoms with Gasteiger partial charge >= 0.3 is 0 Å². The van der Waals surface area contributed by atoms with Gasteiger partial charge in [-0.1, -0.05) is 158 Å². The second-order valence-corrected chi connectivity index (χ2v) is 14.4. The van der Waals surface area contributed by atoms with E-state index in [1.54, 1.807) is 0 Å². The van der Waals surface area contributed by atoms with Crippen LogP contribution in [0.25, 0.3) is 82.8 Å². The monoisotopic (exact) mass is 728 g/mol. The second kappa shape index (κ2) is 13.6. The van der Waals surface area contributed by atoms with Crippen LogP contribution in [0.3, 0.4) is 0 Å². The molecule has 11 rings (SSSR count). The van der Waals surface area contributed by atoms with Gasteiger partial charge in [-0.15, -0.1) is 0 Å². The molecule has 0 saturated heterocycles. The summed E-state index contributed by atoms with van der Waals surface area (Å²) in [4.78, 5) is 2.43. The fraction of sp³-hybridized carbons (Fsp3) is 0. The molecule has 0 amide bonds. The molecule has 2 aromatic heterocycles. The number of anilines is 3. The first kappa shape index (κ1) is 32.8. The van der Waals surface area contributed by atoms with E-state index >= 15 is 0 Å². The minimum atomic E-state index is 0.878. The number of hydrogen-bond donors (Lipinski definition) is 0. The van der Waals surface area contributed by atoms with Gasteiger partial charge in [-0.2, -0.15) is 0 Å². The molecule has 0 unspecified atom stereocenters. The molecular formula is C54H36N2O. The average molecular weight is 729 g/mol. The second-order valence-electron chi connectivity index (χ2n) is 14.4. The fourth-order valence-corrected chi connectivity index (χ4v) is 8.74. The molecule has 0 bridgehead atoms. The maximum Gasteiger partial charge on any atom is 0.136 e. The Hall–Kier alpha value is -7.62. The van der Waals surface area contributed by atoms with Crippen LogP contribution in [0, 0.1) is 0 Å². The lowest BCUT2D eigenvalue weighted by Gasteiger charge is -2.30. The van der Waals surface area contributed by atoms with E-state index in [0.717, 1.165) is 61.4 Å². The predicted molar refractivity (Wildman–Crippen MR) is 239 cm³/mol. The zero-order valence-electron chi connectivity index (χ0n) is 31.1. The van der Waals surface area contributed by atoms with Gasteiger partial charge in [-0.25, -0.2) is 0 Å². The summed E-state index contributed by atoms with van der Waals surface area (Å²) in [5.74, 6) is 0. The molecule has 57 heavy (non-hydrogen) atoms. The van der Waals surface area contributed by atoms with Gasteiger partial charge in [0.25, 0.3) is 0 Å². The van der Waals surface area contributed by atoms with Gasteiger partial charge in [0.15, 0.2) is 0 Å². The lowest BCUT2D eigenvalue weighted by atomic mass is 9.92. The third-order valence-corrected chi connectivity index (χ3v) is 11.2. The number of nitrogens with zero attached hydrogens (tertiary/aromatic N) is 2. The molecule has 0 saturated carbocycles. The van der Waals surface area contributed by atoms with Crippen molar-refractivity contribution in [3.05, 3.63) is 218 Å². The molecule has 0 atom stereocenters. The van der Waals surface area contributed by atoms with E-state index in [2.05, 4.69) is 222 Å². The number of fused-ring (bicyclic) bond motifs is 6. The van der Waals surface area contributed by atoms with Crippen molar-refractivity contribution in [3.63, 3.8) is 0 Å². The minimum absolute atomic E-state index is 0.878. The molecule has 0 radical (unpaired) electrons. The third-order valence-electron chi connectivity index (χ3n) is 11.2. The van der Waals surface area contributed by atoms with Crippen LogP contribution in [0.15, 0.2) is 223 Å². The summed E-state index contributed by atoms with van der Waals surface area (Å²) in [6, 6.07) is 78.1. The normalized spacial score (nSPS) is 11.5. The Morgan fingerprint density at radius 3 is 1.51 bits per heavy atom. The first-order chi connectivity index (χ1) is 28.3. The molecule has 11 aromatic rings. The molecule has 3 heteroatoms. The van der Waals surface area contributed by atoms with Gasteiger partial charge in [-0.3, -0.25) is 0 Å². The summed E-state index contributed by atoms with van der Waals surface area (Å²) in [6.45, 7) is 0. The van der Waals surface area contributed by atoms with E-state index in [9.17, 15) is 0 Å². The molecule has 0 aliphatic rings. The Morgan fingerprint density at radius 1 is 0.333 bits per heavy atom. The van der Waals surface area contributed by atoms with Gasteiger partial charge in [0.2, 0.25) is 0 Å². The Balaban J connectivity index is 1.16. The minimum Gasteiger partial charge on any atom is -0.456 e. The van der Waals surface area contributed by atoms with Crippen molar-refractivity contribution < 1.29 is 4.42 Å². The van der Waals surface area contributed by atoms with Crippen LogP contribution >= 0.6 is 0 Å². The molecule has 268 valence electrons. The lowest BCUT2D eigenvalue weighted by Crippen LogP contribution is -2.13. The molecule has 9 aromatic carbocycles. The number of para-hydroxylation sites is 5. The SMILES string of the molecule is c1ccc(-c2ccccc2-c2ccccc2N(c2ccc(-n3c4ccccc4c4ccccc43)cc2)c2ccccc2-c2cccc3oc4ccccc4c23)cc1.